The second-order valence-electron chi connectivity index (χ2n) is 7.28. The van der Waals surface area contributed by atoms with Gasteiger partial charge in [-0.05, 0) is 55.0 Å². The zero-order valence-electron chi connectivity index (χ0n) is 16.1. The highest BCUT2D eigenvalue weighted by Gasteiger charge is 2.26. The van der Waals surface area contributed by atoms with Gasteiger partial charge in [0.1, 0.15) is 11.4 Å². The summed E-state index contributed by atoms with van der Waals surface area (Å²) in [5.41, 5.74) is 4.44. The molecule has 0 bridgehead atoms. The van der Waals surface area contributed by atoms with Crippen LogP contribution in [0.25, 0.3) is 10.9 Å². The molecular weight excluding hydrogens is 336 g/mol. The quantitative estimate of drug-likeness (QED) is 0.693. The van der Waals surface area contributed by atoms with Crippen molar-refractivity contribution in [1.29, 1.82) is 0 Å². The van der Waals surface area contributed by atoms with Crippen LogP contribution in [0.5, 0.6) is 5.75 Å². The lowest BCUT2D eigenvalue weighted by atomic mass is 10.0. The number of carbonyl (C=O) groups is 1. The second kappa shape index (κ2) is 7.47. The first-order valence-corrected chi connectivity index (χ1v) is 9.67. The first-order valence-electron chi connectivity index (χ1n) is 9.67. The number of ether oxygens (including phenoxy) is 1. The Bertz CT molecular complexity index is 959. The Labute approximate surface area is 160 Å². The van der Waals surface area contributed by atoms with Crippen LogP contribution in [0.3, 0.4) is 0 Å². The maximum atomic E-state index is 13.2. The number of hydrogen-bond acceptors (Lipinski definition) is 2. The van der Waals surface area contributed by atoms with E-state index in [4.69, 9.17) is 4.74 Å². The van der Waals surface area contributed by atoms with Crippen molar-refractivity contribution in [2.45, 2.75) is 32.2 Å². The lowest BCUT2D eigenvalue weighted by molar-refractivity contribution is 0.0777. The smallest absolute Gasteiger partial charge is 0.270 e. The van der Waals surface area contributed by atoms with Crippen LogP contribution in [-0.4, -0.2) is 36.1 Å². The fourth-order valence-electron chi connectivity index (χ4n) is 4.08. The number of fused-ring (bicyclic) bond motifs is 3. The number of aryl methyl sites for hydroxylation is 3. The summed E-state index contributed by atoms with van der Waals surface area (Å²) in [5.74, 6) is 0.973. The standard InChI is InChI=1S/C23H26N2O2/c1-24-14-7-6-10-19-20-16-18(27-2)11-12-21(20)25(22(19)23(24)26)15-13-17-8-4-3-5-9-17/h3-5,8-9,11-12,16H,6-7,10,13-15H2,1-2H3. The molecule has 27 heavy (non-hydrogen) atoms. The van der Waals surface area contributed by atoms with Gasteiger partial charge in [0.05, 0.1) is 7.11 Å². The normalized spacial score (nSPS) is 14.7. The third-order valence-corrected chi connectivity index (χ3v) is 5.56. The summed E-state index contributed by atoms with van der Waals surface area (Å²) in [7, 11) is 3.60. The molecule has 0 radical (unpaired) electrons. The van der Waals surface area contributed by atoms with Crippen molar-refractivity contribution < 1.29 is 9.53 Å². The van der Waals surface area contributed by atoms with Crippen LogP contribution in [0.2, 0.25) is 0 Å². The van der Waals surface area contributed by atoms with Gasteiger partial charge in [0.25, 0.3) is 5.91 Å². The molecule has 0 unspecified atom stereocenters. The van der Waals surface area contributed by atoms with Crippen molar-refractivity contribution in [3.05, 3.63) is 65.4 Å². The van der Waals surface area contributed by atoms with Crippen molar-refractivity contribution in [2.75, 3.05) is 20.7 Å². The summed E-state index contributed by atoms with van der Waals surface area (Å²) < 4.78 is 7.67. The Morgan fingerprint density at radius 2 is 1.89 bits per heavy atom. The molecule has 3 aromatic rings. The van der Waals surface area contributed by atoms with E-state index in [0.29, 0.717) is 0 Å². The summed E-state index contributed by atoms with van der Waals surface area (Å²) in [4.78, 5) is 15.1. The van der Waals surface area contributed by atoms with E-state index in [9.17, 15) is 4.79 Å². The van der Waals surface area contributed by atoms with Gasteiger partial charge < -0.3 is 14.2 Å². The minimum Gasteiger partial charge on any atom is -0.497 e. The summed E-state index contributed by atoms with van der Waals surface area (Å²) >= 11 is 0. The van der Waals surface area contributed by atoms with Crippen LogP contribution in [0, 0.1) is 0 Å². The SMILES string of the molecule is COc1ccc2c(c1)c1c(n2CCc2ccccc2)C(=O)N(C)CCCC1. The predicted molar refractivity (Wildman–Crippen MR) is 109 cm³/mol. The van der Waals surface area contributed by atoms with E-state index in [1.807, 2.05) is 24.1 Å². The van der Waals surface area contributed by atoms with Gasteiger partial charge in [-0.25, -0.2) is 0 Å². The Hall–Kier alpha value is -2.75. The van der Waals surface area contributed by atoms with E-state index in [-0.39, 0.29) is 5.91 Å². The number of nitrogens with zero attached hydrogens (tertiary/aromatic N) is 2. The average molecular weight is 362 g/mol. The molecule has 1 amide bonds. The number of amides is 1. The number of methoxy groups -OCH3 is 1. The zero-order chi connectivity index (χ0) is 18.8. The molecule has 4 rings (SSSR count). The minimum atomic E-state index is 0.132. The van der Waals surface area contributed by atoms with Crippen LogP contribution in [-0.2, 0) is 19.4 Å². The fourth-order valence-corrected chi connectivity index (χ4v) is 4.08. The molecule has 4 nitrogen and oxygen atoms in total. The summed E-state index contributed by atoms with van der Waals surface area (Å²) in [6, 6.07) is 16.6. The fraction of sp³-hybridized carbons (Fsp3) is 0.348. The summed E-state index contributed by atoms with van der Waals surface area (Å²) in [6.07, 6.45) is 3.99. The van der Waals surface area contributed by atoms with Crippen molar-refractivity contribution in [3.8, 4) is 5.75 Å². The molecule has 0 saturated carbocycles. The molecular formula is C23H26N2O2. The lowest BCUT2D eigenvalue weighted by Crippen LogP contribution is -2.32. The monoisotopic (exact) mass is 362 g/mol. The van der Waals surface area contributed by atoms with Crippen LogP contribution >= 0.6 is 0 Å². The van der Waals surface area contributed by atoms with Crippen molar-refractivity contribution in [1.82, 2.24) is 9.47 Å². The number of aromatic nitrogens is 1. The average Bonchev–Trinajstić information content (AvgIpc) is 3.00. The number of rotatable bonds is 4. The van der Waals surface area contributed by atoms with Gasteiger partial charge in [-0.1, -0.05) is 30.3 Å². The van der Waals surface area contributed by atoms with Gasteiger partial charge in [0.2, 0.25) is 0 Å². The van der Waals surface area contributed by atoms with E-state index in [1.54, 1.807) is 7.11 Å². The molecule has 1 aliphatic rings. The third kappa shape index (κ3) is 3.32. The predicted octanol–water partition coefficient (Wildman–Crippen LogP) is 4.30. The Morgan fingerprint density at radius 3 is 2.67 bits per heavy atom. The van der Waals surface area contributed by atoms with Crippen LogP contribution in [0.4, 0.5) is 0 Å². The third-order valence-electron chi connectivity index (χ3n) is 5.56. The maximum absolute atomic E-state index is 13.2. The number of carbonyl (C=O) groups excluding carboxylic acids is 1. The molecule has 0 aliphatic carbocycles. The number of benzene rings is 2. The van der Waals surface area contributed by atoms with E-state index in [0.717, 1.165) is 61.1 Å². The molecule has 2 heterocycles. The first-order chi connectivity index (χ1) is 13.2. The molecule has 1 aromatic heterocycles. The van der Waals surface area contributed by atoms with E-state index < -0.39 is 0 Å². The maximum Gasteiger partial charge on any atom is 0.270 e. The summed E-state index contributed by atoms with van der Waals surface area (Å²) in [5, 5.41) is 1.15. The molecule has 0 atom stereocenters. The molecule has 1 aliphatic heterocycles. The molecule has 2 aromatic carbocycles. The van der Waals surface area contributed by atoms with Crippen LogP contribution in [0.1, 0.15) is 34.5 Å². The van der Waals surface area contributed by atoms with Gasteiger partial charge >= 0.3 is 0 Å². The van der Waals surface area contributed by atoms with Gasteiger partial charge in [0, 0.05) is 31.0 Å². The van der Waals surface area contributed by atoms with E-state index >= 15 is 0 Å². The Morgan fingerprint density at radius 1 is 1.07 bits per heavy atom. The topological polar surface area (TPSA) is 34.5 Å². The van der Waals surface area contributed by atoms with Gasteiger partial charge in [0.15, 0.2) is 0 Å². The minimum absolute atomic E-state index is 0.132. The molecule has 140 valence electrons. The highest BCUT2D eigenvalue weighted by Crippen LogP contribution is 2.33. The van der Waals surface area contributed by atoms with E-state index in [1.165, 1.54) is 11.1 Å². The van der Waals surface area contributed by atoms with E-state index in [2.05, 4.69) is 41.0 Å². The van der Waals surface area contributed by atoms with Crippen molar-refractivity contribution >= 4 is 16.8 Å². The first kappa shape index (κ1) is 17.7. The Balaban J connectivity index is 1.85. The largest absolute Gasteiger partial charge is 0.497 e. The Kier molecular flexibility index (Phi) is 4.88. The van der Waals surface area contributed by atoms with Gasteiger partial charge in [-0.15, -0.1) is 0 Å². The van der Waals surface area contributed by atoms with Crippen molar-refractivity contribution in [2.24, 2.45) is 0 Å². The molecule has 0 N–H and O–H groups in total. The highest BCUT2D eigenvalue weighted by atomic mass is 16.5. The van der Waals surface area contributed by atoms with Crippen LogP contribution in [0.15, 0.2) is 48.5 Å². The molecule has 0 spiro atoms. The summed E-state index contributed by atoms with van der Waals surface area (Å²) in [6.45, 7) is 1.61. The number of hydrogen-bond donors (Lipinski definition) is 0. The second-order valence-corrected chi connectivity index (χ2v) is 7.28. The van der Waals surface area contributed by atoms with Gasteiger partial charge in [-0.2, -0.15) is 0 Å². The molecule has 0 saturated heterocycles. The van der Waals surface area contributed by atoms with Crippen LogP contribution < -0.4 is 4.74 Å². The molecule has 0 fully saturated rings. The zero-order valence-corrected chi connectivity index (χ0v) is 16.1. The van der Waals surface area contributed by atoms with Crippen molar-refractivity contribution in [3.63, 3.8) is 0 Å². The van der Waals surface area contributed by atoms with Gasteiger partial charge in [-0.3, -0.25) is 4.79 Å². The lowest BCUT2D eigenvalue weighted by Gasteiger charge is -2.22. The molecule has 4 heteroatoms. The highest BCUT2D eigenvalue weighted by molar-refractivity contribution is 6.02.